The van der Waals surface area contributed by atoms with Crippen LogP contribution in [0.25, 0.3) is 10.8 Å². The standard InChI is InChI=1S/C14H7F9O/c15-11(16,12(17,18)13(19,20)14(21,22)23)9-5-1-4-8-7(9)3-2-6-10(8)24/h1-6,24H. The average Bonchev–Trinajstić information content (AvgIpc) is 2.45. The van der Waals surface area contributed by atoms with E-state index in [-0.39, 0.29) is 0 Å². The largest absolute Gasteiger partial charge is 0.507 e. The van der Waals surface area contributed by atoms with E-state index in [1.54, 1.807) is 0 Å². The summed E-state index contributed by atoms with van der Waals surface area (Å²) in [6.45, 7) is 0. The summed E-state index contributed by atoms with van der Waals surface area (Å²) in [7, 11) is 0. The summed E-state index contributed by atoms with van der Waals surface area (Å²) in [5.41, 5.74) is -1.76. The fourth-order valence-electron chi connectivity index (χ4n) is 2.11. The highest BCUT2D eigenvalue weighted by atomic mass is 19.4. The SMILES string of the molecule is Oc1cccc2c(C(F)(F)C(F)(F)C(F)(F)C(F)(F)F)cccc12. The van der Waals surface area contributed by atoms with Crippen LogP contribution in [0.15, 0.2) is 36.4 Å². The minimum absolute atomic E-state index is 0.294. The molecular formula is C14H7F9O. The lowest BCUT2D eigenvalue weighted by atomic mass is 9.92. The van der Waals surface area contributed by atoms with Gasteiger partial charge in [-0.2, -0.15) is 39.5 Å². The van der Waals surface area contributed by atoms with Crippen LogP contribution < -0.4 is 0 Å². The van der Waals surface area contributed by atoms with Gasteiger partial charge < -0.3 is 5.11 Å². The van der Waals surface area contributed by atoms with E-state index in [1.165, 1.54) is 0 Å². The second-order valence-electron chi connectivity index (χ2n) is 4.90. The van der Waals surface area contributed by atoms with Crippen LogP contribution in [-0.2, 0) is 5.92 Å². The number of hydrogen-bond donors (Lipinski definition) is 1. The van der Waals surface area contributed by atoms with Crippen molar-refractivity contribution in [2.45, 2.75) is 23.9 Å². The fraction of sp³-hybridized carbons (Fsp3) is 0.286. The fourth-order valence-corrected chi connectivity index (χ4v) is 2.11. The Balaban J connectivity index is 2.73. The van der Waals surface area contributed by atoms with Crippen LogP contribution in [0.5, 0.6) is 5.75 Å². The molecule has 0 saturated heterocycles. The first-order valence-electron chi connectivity index (χ1n) is 6.16. The molecule has 0 aliphatic carbocycles. The lowest BCUT2D eigenvalue weighted by Crippen LogP contribution is -2.59. The summed E-state index contributed by atoms with van der Waals surface area (Å²) in [5, 5.41) is 8.31. The Morgan fingerprint density at radius 1 is 0.625 bits per heavy atom. The van der Waals surface area contributed by atoms with Crippen molar-refractivity contribution in [3.8, 4) is 5.75 Å². The molecule has 0 unspecified atom stereocenters. The van der Waals surface area contributed by atoms with E-state index >= 15 is 0 Å². The van der Waals surface area contributed by atoms with Gasteiger partial charge in [0.25, 0.3) is 0 Å². The van der Waals surface area contributed by atoms with Gasteiger partial charge >= 0.3 is 23.9 Å². The number of alkyl halides is 9. The third-order valence-corrected chi connectivity index (χ3v) is 3.38. The first-order valence-corrected chi connectivity index (χ1v) is 6.16. The predicted molar refractivity (Wildman–Crippen MR) is 65.5 cm³/mol. The maximum absolute atomic E-state index is 14.0. The Kier molecular flexibility index (Phi) is 3.93. The normalized spacial score (nSPS) is 14.2. The van der Waals surface area contributed by atoms with Crippen molar-refractivity contribution in [2.24, 2.45) is 0 Å². The van der Waals surface area contributed by atoms with Gasteiger partial charge in [0.05, 0.1) is 0 Å². The zero-order valence-electron chi connectivity index (χ0n) is 11.3. The molecule has 0 atom stereocenters. The molecule has 0 spiro atoms. The van der Waals surface area contributed by atoms with E-state index in [0.29, 0.717) is 6.07 Å². The van der Waals surface area contributed by atoms with Gasteiger partial charge in [0, 0.05) is 10.9 Å². The molecule has 0 heterocycles. The highest BCUT2D eigenvalue weighted by Crippen LogP contribution is 2.57. The van der Waals surface area contributed by atoms with Gasteiger partial charge in [-0.1, -0.05) is 30.3 Å². The molecular weight excluding hydrogens is 355 g/mol. The smallest absolute Gasteiger partial charge is 0.460 e. The summed E-state index contributed by atoms with van der Waals surface area (Å²) < 4.78 is 117. The number of halogens is 9. The summed E-state index contributed by atoms with van der Waals surface area (Å²) >= 11 is 0. The number of phenolic OH excluding ortho intramolecular Hbond substituents is 1. The van der Waals surface area contributed by atoms with Gasteiger partial charge in [0.2, 0.25) is 0 Å². The Morgan fingerprint density at radius 2 is 1.12 bits per heavy atom. The highest BCUT2D eigenvalue weighted by molar-refractivity contribution is 5.91. The second-order valence-corrected chi connectivity index (χ2v) is 4.90. The van der Waals surface area contributed by atoms with Crippen LogP contribution in [0.3, 0.4) is 0 Å². The molecule has 1 N–H and O–H groups in total. The molecule has 0 aliphatic heterocycles. The molecule has 132 valence electrons. The number of phenols is 1. The summed E-state index contributed by atoms with van der Waals surface area (Å²) in [6, 6.07) is 4.80. The van der Waals surface area contributed by atoms with Crippen LogP contribution in [0.4, 0.5) is 39.5 Å². The highest BCUT2D eigenvalue weighted by Gasteiger charge is 2.82. The third kappa shape index (κ3) is 2.35. The minimum atomic E-state index is -6.97. The van der Waals surface area contributed by atoms with Crippen LogP contribution >= 0.6 is 0 Å². The van der Waals surface area contributed by atoms with E-state index in [2.05, 4.69) is 0 Å². The van der Waals surface area contributed by atoms with Gasteiger partial charge in [-0.05, 0) is 11.5 Å². The van der Waals surface area contributed by atoms with Crippen molar-refractivity contribution in [2.75, 3.05) is 0 Å². The van der Waals surface area contributed by atoms with E-state index in [4.69, 9.17) is 0 Å². The van der Waals surface area contributed by atoms with Gasteiger partial charge in [-0.25, -0.2) is 0 Å². The van der Waals surface area contributed by atoms with Crippen LogP contribution in [0.1, 0.15) is 5.56 Å². The molecule has 2 aromatic rings. The molecule has 0 amide bonds. The quantitative estimate of drug-likeness (QED) is 0.718. The maximum Gasteiger partial charge on any atom is 0.460 e. The summed E-state index contributed by atoms with van der Waals surface area (Å²) in [6.07, 6.45) is -6.88. The molecule has 0 radical (unpaired) electrons. The van der Waals surface area contributed by atoms with E-state index < -0.39 is 46.0 Å². The molecule has 0 fully saturated rings. The Labute approximate surface area is 128 Å². The van der Waals surface area contributed by atoms with Gasteiger partial charge in [0.1, 0.15) is 5.75 Å². The first-order chi connectivity index (χ1) is 10.7. The molecule has 2 aromatic carbocycles. The zero-order chi connectivity index (χ0) is 18.6. The number of benzene rings is 2. The minimum Gasteiger partial charge on any atom is -0.507 e. The molecule has 0 bridgehead atoms. The van der Waals surface area contributed by atoms with Crippen molar-refractivity contribution in [3.63, 3.8) is 0 Å². The van der Waals surface area contributed by atoms with Crippen molar-refractivity contribution in [1.82, 2.24) is 0 Å². The number of aromatic hydroxyl groups is 1. The summed E-state index contributed by atoms with van der Waals surface area (Å²) in [4.78, 5) is 0. The lowest BCUT2D eigenvalue weighted by Gasteiger charge is -2.34. The van der Waals surface area contributed by atoms with Gasteiger partial charge in [0.15, 0.2) is 0 Å². The maximum atomic E-state index is 14.0. The molecule has 0 saturated carbocycles. The first kappa shape index (κ1) is 18.2. The van der Waals surface area contributed by atoms with Crippen molar-refractivity contribution >= 4 is 10.8 Å². The molecule has 10 heteroatoms. The Bertz CT molecular complexity index is 764. The number of hydrogen-bond acceptors (Lipinski definition) is 1. The lowest BCUT2D eigenvalue weighted by molar-refractivity contribution is -0.399. The Morgan fingerprint density at radius 3 is 1.67 bits per heavy atom. The van der Waals surface area contributed by atoms with E-state index in [0.717, 1.165) is 30.3 Å². The van der Waals surface area contributed by atoms with E-state index in [9.17, 15) is 44.6 Å². The zero-order valence-corrected chi connectivity index (χ0v) is 11.3. The molecule has 1 nitrogen and oxygen atoms in total. The van der Waals surface area contributed by atoms with Crippen molar-refractivity contribution in [3.05, 3.63) is 42.0 Å². The monoisotopic (exact) mass is 362 g/mol. The van der Waals surface area contributed by atoms with Gasteiger partial charge in [-0.15, -0.1) is 0 Å². The molecule has 2 rings (SSSR count). The van der Waals surface area contributed by atoms with Crippen LogP contribution in [-0.4, -0.2) is 23.1 Å². The van der Waals surface area contributed by atoms with E-state index in [1.807, 2.05) is 0 Å². The average molecular weight is 362 g/mol. The third-order valence-electron chi connectivity index (χ3n) is 3.38. The molecule has 0 aliphatic rings. The summed E-state index contributed by atoms with van der Waals surface area (Å²) in [5.74, 6) is -20.2. The molecule has 0 aromatic heterocycles. The Hall–Kier alpha value is -2.13. The van der Waals surface area contributed by atoms with Crippen LogP contribution in [0.2, 0.25) is 0 Å². The number of rotatable bonds is 3. The predicted octanol–water partition coefficient (Wildman–Crippen LogP) is 5.47. The van der Waals surface area contributed by atoms with Crippen molar-refractivity contribution < 1.29 is 44.6 Å². The van der Waals surface area contributed by atoms with Gasteiger partial charge in [-0.3, -0.25) is 0 Å². The second kappa shape index (κ2) is 5.18. The number of fused-ring (bicyclic) bond motifs is 1. The molecule has 24 heavy (non-hydrogen) atoms. The topological polar surface area (TPSA) is 20.2 Å². The van der Waals surface area contributed by atoms with Crippen LogP contribution in [0, 0.1) is 0 Å². The van der Waals surface area contributed by atoms with Crippen molar-refractivity contribution in [1.29, 1.82) is 0 Å².